The molecule has 9 heavy (non-hydrogen) atoms. The Morgan fingerprint density at radius 2 is 2.33 bits per heavy atom. The first kappa shape index (κ1) is 6.83. The van der Waals surface area contributed by atoms with Gasteiger partial charge in [-0.3, -0.25) is 4.79 Å². The Bertz CT molecular complexity index is 125. The van der Waals surface area contributed by atoms with Crippen LogP contribution < -0.4 is 0 Å². The lowest BCUT2D eigenvalue weighted by Crippen LogP contribution is -2.21. The number of halogens is 1. The Hall–Kier alpha value is -0.280. The summed E-state index contributed by atoms with van der Waals surface area (Å²) in [5.41, 5.74) is 0. The van der Waals surface area contributed by atoms with Crippen LogP contribution in [0.1, 0.15) is 0 Å². The van der Waals surface area contributed by atoms with Crippen LogP contribution in [-0.4, -0.2) is 29.7 Å². The minimum atomic E-state index is -0.868. The van der Waals surface area contributed by atoms with Crippen molar-refractivity contribution in [2.24, 2.45) is 5.92 Å². The summed E-state index contributed by atoms with van der Waals surface area (Å²) in [7, 11) is 0. The lowest BCUT2D eigenvalue weighted by Gasteiger charge is -2.02. The van der Waals surface area contributed by atoms with Gasteiger partial charge in [0.1, 0.15) is 0 Å². The molecule has 1 saturated heterocycles. The van der Waals surface area contributed by atoms with Crippen LogP contribution in [0.3, 0.4) is 0 Å². The first-order valence-electron chi connectivity index (χ1n) is 2.66. The molecule has 1 heterocycles. The zero-order valence-corrected chi connectivity index (χ0v) is 5.47. The monoisotopic (exact) mass is 150 g/mol. The van der Waals surface area contributed by atoms with Crippen LogP contribution in [0, 0.1) is 5.92 Å². The molecule has 1 fully saturated rings. The van der Waals surface area contributed by atoms with E-state index in [2.05, 4.69) is 0 Å². The van der Waals surface area contributed by atoms with Crippen molar-refractivity contribution in [1.82, 2.24) is 0 Å². The van der Waals surface area contributed by atoms with Gasteiger partial charge in [0.05, 0.1) is 24.5 Å². The predicted molar refractivity (Wildman–Crippen MR) is 31.6 cm³/mol. The molecule has 0 spiro atoms. The van der Waals surface area contributed by atoms with Gasteiger partial charge in [0.2, 0.25) is 0 Å². The van der Waals surface area contributed by atoms with E-state index in [-0.39, 0.29) is 12.0 Å². The van der Waals surface area contributed by atoms with Crippen molar-refractivity contribution in [1.29, 1.82) is 0 Å². The summed E-state index contributed by atoms with van der Waals surface area (Å²) in [4.78, 5) is 10.2. The van der Waals surface area contributed by atoms with Gasteiger partial charge in [-0.1, -0.05) is 0 Å². The molecule has 3 nitrogen and oxygen atoms in total. The second-order valence-corrected chi connectivity index (χ2v) is 2.56. The molecule has 0 aliphatic carbocycles. The lowest BCUT2D eigenvalue weighted by atomic mass is 10.1. The highest BCUT2D eigenvalue weighted by atomic mass is 35.5. The molecule has 0 amide bonds. The maximum Gasteiger partial charge on any atom is 0.310 e. The Labute approximate surface area is 57.6 Å². The van der Waals surface area contributed by atoms with Crippen LogP contribution in [0.25, 0.3) is 0 Å². The molecule has 52 valence electrons. The van der Waals surface area contributed by atoms with Gasteiger partial charge in [0, 0.05) is 0 Å². The number of rotatable bonds is 1. The van der Waals surface area contributed by atoms with Gasteiger partial charge in [-0.05, 0) is 0 Å². The summed E-state index contributed by atoms with van der Waals surface area (Å²) < 4.78 is 4.82. The largest absolute Gasteiger partial charge is 0.481 e. The van der Waals surface area contributed by atoms with Crippen LogP contribution in [-0.2, 0) is 9.53 Å². The average Bonchev–Trinajstić information content (AvgIpc) is 2.13. The Balaban J connectivity index is 2.49. The van der Waals surface area contributed by atoms with Crippen molar-refractivity contribution < 1.29 is 14.6 Å². The number of hydrogen-bond acceptors (Lipinski definition) is 2. The quantitative estimate of drug-likeness (QED) is 0.548. The van der Waals surface area contributed by atoms with E-state index >= 15 is 0 Å². The van der Waals surface area contributed by atoms with Gasteiger partial charge >= 0.3 is 5.97 Å². The van der Waals surface area contributed by atoms with Crippen LogP contribution in [0.4, 0.5) is 0 Å². The van der Waals surface area contributed by atoms with Crippen LogP contribution in [0.5, 0.6) is 0 Å². The van der Waals surface area contributed by atoms with Gasteiger partial charge in [-0.15, -0.1) is 11.6 Å². The highest BCUT2D eigenvalue weighted by molar-refractivity contribution is 6.22. The van der Waals surface area contributed by atoms with E-state index in [1.54, 1.807) is 0 Å². The van der Waals surface area contributed by atoms with Crippen LogP contribution in [0.15, 0.2) is 0 Å². The molecule has 4 heteroatoms. The van der Waals surface area contributed by atoms with Gasteiger partial charge < -0.3 is 9.84 Å². The van der Waals surface area contributed by atoms with Crippen molar-refractivity contribution in [3.63, 3.8) is 0 Å². The zero-order chi connectivity index (χ0) is 6.85. The van der Waals surface area contributed by atoms with Gasteiger partial charge in [-0.2, -0.15) is 0 Å². The number of carboxylic acid groups (broad SMARTS) is 1. The van der Waals surface area contributed by atoms with E-state index in [9.17, 15) is 4.79 Å². The topological polar surface area (TPSA) is 46.5 Å². The van der Waals surface area contributed by atoms with Crippen LogP contribution in [0.2, 0.25) is 0 Å². The summed E-state index contributed by atoms with van der Waals surface area (Å²) in [6, 6.07) is 0. The number of carbonyl (C=O) groups is 1. The molecule has 1 aliphatic rings. The molecule has 0 saturated carbocycles. The zero-order valence-electron chi connectivity index (χ0n) is 4.71. The van der Waals surface area contributed by atoms with Crippen molar-refractivity contribution in [2.75, 3.05) is 13.2 Å². The first-order valence-corrected chi connectivity index (χ1v) is 3.10. The number of alkyl halides is 1. The molecular formula is C5H7ClO3. The molecule has 2 unspecified atom stereocenters. The van der Waals surface area contributed by atoms with E-state index in [1.807, 2.05) is 0 Å². The molecule has 1 rings (SSSR count). The van der Waals surface area contributed by atoms with E-state index in [1.165, 1.54) is 0 Å². The van der Waals surface area contributed by atoms with Gasteiger partial charge in [-0.25, -0.2) is 0 Å². The fourth-order valence-corrected chi connectivity index (χ4v) is 1.02. The number of carboxylic acids is 1. The molecule has 0 aromatic carbocycles. The van der Waals surface area contributed by atoms with Crippen molar-refractivity contribution in [2.45, 2.75) is 5.38 Å². The predicted octanol–water partition coefficient (Wildman–Crippen LogP) is 0.325. The molecule has 1 N–H and O–H groups in total. The van der Waals surface area contributed by atoms with E-state index in [0.717, 1.165) is 0 Å². The highest BCUT2D eigenvalue weighted by Crippen LogP contribution is 2.18. The van der Waals surface area contributed by atoms with Crippen molar-refractivity contribution in [3.8, 4) is 0 Å². The Morgan fingerprint density at radius 3 is 2.56 bits per heavy atom. The van der Waals surface area contributed by atoms with Gasteiger partial charge in [0.15, 0.2) is 0 Å². The fraction of sp³-hybridized carbons (Fsp3) is 0.800. The number of ether oxygens (including phenoxy) is 1. The third kappa shape index (κ3) is 1.34. The highest BCUT2D eigenvalue weighted by Gasteiger charge is 2.32. The maximum absolute atomic E-state index is 10.2. The maximum atomic E-state index is 10.2. The molecule has 0 bridgehead atoms. The second-order valence-electron chi connectivity index (χ2n) is 2.00. The minimum absolute atomic E-state index is 0.253. The molecule has 2 atom stereocenters. The molecular weight excluding hydrogens is 144 g/mol. The van der Waals surface area contributed by atoms with Crippen molar-refractivity contribution in [3.05, 3.63) is 0 Å². The van der Waals surface area contributed by atoms with Crippen LogP contribution >= 0.6 is 11.6 Å². The number of hydrogen-bond donors (Lipinski definition) is 1. The molecule has 1 aliphatic heterocycles. The third-order valence-electron chi connectivity index (χ3n) is 1.33. The normalized spacial score (nSPS) is 34.8. The average molecular weight is 151 g/mol. The Morgan fingerprint density at radius 1 is 1.67 bits per heavy atom. The molecule has 0 radical (unpaired) electrons. The summed E-state index contributed by atoms with van der Waals surface area (Å²) >= 11 is 5.57. The Kier molecular flexibility index (Phi) is 1.93. The molecule has 0 aromatic rings. The smallest absolute Gasteiger partial charge is 0.310 e. The molecule has 0 aromatic heterocycles. The standard InChI is InChI=1S/C5H7ClO3/c6-4-2-9-1-3(4)5(7)8/h3-4H,1-2H2,(H,7,8). The van der Waals surface area contributed by atoms with E-state index < -0.39 is 11.9 Å². The third-order valence-corrected chi connectivity index (χ3v) is 1.76. The second kappa shape index (κ2) is 2.54. The lowest BCUT2D eigenvalue weighted by molar-refractivity contribution is -0.141. The summed E-state index contributed by atoms with van der Waals surface area (Å²) in [6.07, 6.45) is 0. The summed E-state index contributed by atoms with van der Waals surface area (Å²) in [6.45, 7) is 0.613. The fourth-order valence-electron chi connectivity index (χ4n) is 0.754. The van der Waals surface area contributed by atoms with Gasteiger partial charge in [0.25, 0.3) is 0 Å². The van der Waals surface area contributed by atoms with E-state index in [0.29, 0.717) is 6.61 Å². The minimum Gasteiger partial charge on any atom is -0.481 e. The number of aliphatic carboxylic acids is 1. The summed E-state index contributed by atoms with van der Waals surface area (Å²) in [5, 5.41) is 8.07. The van der Waals surface area contributed by atoms with E-state index in [4.69, 9.17) is 21.4 Å². The first-order chi connectivity index (χ1) is 4.22. The van der Waals surface area contributed by atoms with Crippen molar-refractivity contribution >= 4 is 17.6 Å². The summed E-state index contributed by atoms with van der Waals surface area (Å²) in [5.74, 6) is -1.38. The SMILES string of the molecule is O=C(O)C1COCC1Cl.